The summed E-state index contributed by atoms with van der Waals surface area (Å²) in [6, 6.07) is 0. The Balaban J connectivity index is 3.58. The van der Waals surface area contributed by atoms with Crippen molar-refractivity contribution < 1.29 is 0 Å². The Labute approximate surface area is 75.3 Å². The van der Waals surface area contributed by atoms with Crippen LogP contribution in [0.4, 0.5) is 0 Å². The lowest BCUT2D eigenvalue weighted by atomic mass is 10.8. The van der Waals surface area contributed by atoms with Crippen LogP contribution in [0.1, 0.15) is 6.92 Å². The average molecular weight is 191 g/mol. The lowest BCUT2D eigenvalue weighted by molar-refractivity contribution is 0.533. The zero-order valence-corrected chi connectivity index (χ0v) is 11.3. The van der Waals surface area contributed by atoms with E-state index in [-0.39, 0.29) is 19.7 Å². The summed E-state index contributed by atoms with van der Waals surface area (Å²) in [7, 11) is 8.53. The maximum atomic E-state index is 2.65. The summed E-state index contributed by atoms with van der Waals surface area (Å²) in [6.45, 7) is 3.49. The maximum absolute atomic E-state index is 2.65. The van der Waals surface area contributed by atoms with Crippen LogP contribution in [0.2, 0.25) is 0 Å². The third kappa shape index (κ3) is 6.70. The van der Waals surface area contributed by atoms with Crippen LogP contribution in [-0.2, 0) is 0 Å². The van der Waals surface area contributed by atoms with Crippen molar-refractivity contribution in [2.45, 2.75) is 6.92 Å². The molecular weight excluding hydrogens is 170 g/mol. The standard InChI is InChI=1S/C6H21N3Si2/c1-6-9(10-7(2)3)11-8(4)5/h6,10-11H2,1-5H3. The van der Waals surface area contributed by atoms with Gasteiger partial charge >= 0.3 is 0 Å². The van der Waals surface area contributed by atoms with Gasteiger partial charge in [0.25, 0.3) is 0 Å². The van der Waals surface area contributed by atoms with E-state index in [9.17, 15) is 0 Å². The molecule has 11 heavy (non-hydrogen) atoms. The van der Waals surface area contributed by atoms with Gasteiger partial charge < -0.3 is 13.4 Å². The predicted molar refractivity (Wildman–Crippen MR) is 56.8 cm³/mol. The first-order valence-electron chi connectivity index (χ1n) is 4.08. The molecule has 0 unspecified atom stereocenters. The Kier molecular flexibility index (Phi) is 6.07. The summed E-state index contributed by atoms with van der Waals surface area (Å²) < 4.78 is 7.38. The molecule has 0 N–H and O–H groups in total. The van der Waals surface area contributed by atoms with Crippen molar-refractivity contribution in [2.75, 3.05) is 34.7 Å². The summed E-state index contributed by atoms with van der Waals surface area (Å²) in [5, 5.41) is 0. The molecule has 0 radical (unpaired) electrons. The summed E-state index contributed by atoms with van der Waals surface area (Å²) in [4.78, 5) is 0. The molecular formula is C6H21N3Si2. The minimum atomic E-state index is -0.0960. The van der Waals surface area contributed by atoms with Crippen LogP contribution in [-0.4, -0.2) is 67.8 Å². The van der Waals surface area contributed by atoms with E-state index in [0.717, 1.165) is 0 Å². The van der Waals surface area contributed by atoms with Crippen molar-refractivity contribution >= 4 is 19.7 Å². The highest BCUT2D eigenvalue weighted by atomic mass is 28.3. The smallest absolute Gasteiger partial charge is 0.166 e. The third-order valence-corrected chi connectivity index (χ3v) is 5.44. The van der Waals surface area contributed by atoms with E-state index in [1.807, 2.05) is 0 Å². The quantitative estimate of drug-likeness (QED) is 0.486. The Morgan fingerprint density at radius 1 is 0.909 bits per heavy atom. The molecule has 68 valence electrons. The predicted octanol–water partition coefficient (Wildman–Crippen LogP) is -1.57. The fourth-order valence-electron chi connectivity index (χ4n) is 1.04. The molecule has 0 rings (SSSR count). The highest BCUT2D eigenvalue weighted by molar-refractivity contribution is 6.46. The number of nitrogens with zero attached hydrogens (tertiary/aromatic N) is 3. The molecule has 0 aromatic rings. The van der Waals surface area contributed by atoms with E-state index in [2.05, 4.69) is 48.5 Å². The van der Waals surface area contributed by atoms with Crippen LogP contribution in [0.5, 0.6) is 0 Å². The normalized spacial score (nSPS) is 14.2. The summed E-state index contributed by atoms with van der Waals surface area (Å²) >= 11 is 0. The van der Waals surface area contributed by atoms with E-state index in [1.165, 1.54) is 6.54 Å². The van der Waals surface area contributed by atoms with E-state index in [4.69, 9.17) is 0 Å². The van der Waals surface area contributed by atoms with Gasteiger partial charge in [0, 0.05) is 0 Å². The first kappa shape index (κ1) is 11.3. The summed E-state index contributed by atoms with van der Waals surface area (Å²) in [6.07, 6.45) is 0. The van der Waals surface area contributed by atoms with Crippen LogP contribution in [0.15, 0.2) is 0 Å². The van der Waals surface area contributed by atoms with Crippen LogP contribution in [0.3, 0.4) is 0 Å². The van der Waals surface area contributed by atoms with Crippen LogP contribution in [0.25, 0.3) is 0 Å². The first-order chi connectivity index (χ1) is 5.06. The minimum Gasteiger partial charge on any atom is -0.331 e. The Bertz CT molecular complexity index is 87.8. The molecule has 0 bridgehead atoms. The van der Waals surface area contributed by atoms with Gasteiger partial charge in [0.15, 0.2) is 19.7 Å². The maximum Gasteiger partial charge on any atom is 0.166 e. The summed E-state index contributed by atoms with van der Waals surface area (Å²) in [5.41, 5.74) is 0. The Morgan fingerprint density at radius 3 is 1.45 bits per heavy atom. The van der Waals surface area contributed by atoms with E-state index < -0.39 is 0 Å². The molecule has 0 amide bonds. The minimum absolute atomic E-state index is 0.0960. The van der Waals surface area contributed by atoms with E-state index in [0.29, 0.717) is 0 Å². The average Bonchev–Trinajstić information content (AvgIpc) is 1.84. The molecule has 0 saturated carbocycles. The third-order valence-electron chi connectivity index (χ3n) is 1.41. The lowest BCUT2D eigenvalue weighted by Gasteiger charge is -2.26. The molecule has 0 aliphatic rings. The van der Waals surface area contributed by atoms with Gasteiger partial charge in [0.2, 0.25) is 0 Å². The highest BCUT2D eigenvalue weighted by Crippen LogP contribution is 1.84. The van der Waals surface area contributed by atoms with Gasteiger partial charge in [0.05, 0.1) is 0 Å². The Hall–Kier alpha value is 0.314. The van der Waals surface area contributed by atoms with Crippen molar-refractivity contribution in [2.24, 2.45) is 0 Å². The number of hydrogen-bond acceptors (Lipinski definition) is 3. The van der Waals surface area contributed by atoms with Gasteiger partial charge in [-0.2, -0.15) is 0 Å². The van der Waals surface area contributed by atoms with Gasteiger partial charge in [0.1, 0.15) is 0 Å². The topological polar surface area (TPSA) is 9.72 Å². The molecule has 0 spiro atoms. The SMILES string of the molecule is CCN([SiH2]N(C)C)[SiH2]N(C)C. The highest BCUT2D eigenvalue weighted by Gasteiger charge is 2.04. The molecule has 5 heteroatoms. The van der Waals surface area contributed by atoms with Crippen molar-refractivity contribution in [1.29, 1.82) is 0 Å². The zero-order valence-electron chi connectivity index (χ0n) is 8.46. The van der Waals surface area contributed by atoms with Gasteiger partial charge in [-0.1, -0.05) is 6.92 Å². The monoisotopic (exact) mass is 191 g/mol. The Morgan fingerprint density at radius 2 is 1.27 bits per heavy atom. The molecule has 0 aliphatic heterocycles. The molecule has 0 atom stereocenters. The largest absolute Gasteiger partial charge is 0.331 e. The fourth-order valence-corrected chi connectivity index (χ4v) is 5.80. The first-order valence-corrected chi connectivity index (χ1v) is 6.61. The molecule has 0 aromatic carbocycles. The van der Waals surface area contributed by atoms with Crippen LogP contribution >= 0.6 is 0 Å². The van der Waals surface area contributed by atoms with Crippen molar-refractivity contribution in [3.63, 3.8) is 0 Å². The van der Waals surface area contributed by atoms with Gasteiger partial charge in [-0.25, -0.2) is 0 Å². The second-order valence-electron chi connectivity index (χ2n) is 3.43. The van der Waals surface area contributed by atoms with Gasteiger partial charge in [-0.05, 0) is 34.7 Å². The number of hydrogen-bond donors (Lipinski definition) is 0. The van der Waals surface area contributed by atoms with E-state index in [1.54, 1.807) is 0 Å². The van der Waals surface area contributed by atoms with Crippen molar-refractivity contribution in [1.82, 2.24) is 13.4 Å². The lowest BCUT2D eigenvalue weighted by Crippen LogP contribution is -2.45. The molecule has 0 saturated heterocycles. The molecule has 0 aromatic heterocycles. The van der Waals surface area contributed by atoms with Crippen LogP contribution in [0, 0.1) is 0 Å². The van der Waals surface area contributed by atoms with Crippen molar-refractivity contribution in [3.8, 4) is 0 Å². The zero-order chi connectivity index (χ0) is 8.85. The molecule has 3 nitrogen and oxygen atoms in total. The molecule has 0 aliphatic carbocycles. The second-order valence-corrected chi connectivity index (χ2v) is 9.21. The number of rotatable bonds is 5. The van der Waals surface area contributed by atoms with Gasteiger partial charge in [-0.3, -0.25) is 0 Å². The van der Waals surface area contributed by atoms with Crippen molar-refractivity contribution in [3.05, 3.63) is 0 Å². The summed E-state index contributed by atoms with van der Waals surface area (Å²) in [5.74, 6) is 0. The fraction of sp³-hybridized carbons (Fsp3) is 1.00. The van der Waals surface area contributed by atoms with Crippen LogP contribution < -0.4 is 0 Å². The second kappa shape index (κ2) is 5.90. The van der Waals surface area contributed by atoms with Gasteiger partial charge in [-0.15, -0.1) is 0 Å². The molecule has 0 heterocycles. The van der Waals surface area contributed by atoms with E-state index >= 15 is 0 Å². The molecule has 0 fully saturated rings.